The molecule has 228 valence electrons. The van der Waals surface area contributed by atoms with Crippen LogP contribution in [-0.4, -0.2) is 57.4 Å². The number of carbonyl (C=O) groups excluding carboxylic acids is 2. The van der Waals surface area contributed by atoms with Gasteiger partial charge in [0.15, 0.2) is 6.10 Å². The minimum Gasteiger partial charge on any atom is -0.495 e. The van der Waals surface area contributed by atoms with Crippen LogP contribution in [0.4, 0.5) is 5.69 Å². The maximum atomic E-state index is 14.0. The summed E-state index contributed by atoms with van der Waals surface area (Å²) in [6.07, 6.45) is -0.617. The van der Waals surface area contributed by atoms with Gasteiger partial charge in [0.2, 0.25) is 15.9 Å². The third-order valence-corrected chi connectivity index (χ3v) is 9.38. The van der Waals surface area contributed by atoms with E-state index < -0.39 is 28.6 Å². The average Bonchev–Trinajstić information content (AvgIpc) is 3.05. The highest BCUT2D eigenvalue weighted by atomic mass is 35.5. The lowest BCUT2D eigenvalue weighted by Crippen LogP contribution is -2.53. The molecule has 0 radical (unpaired) electrons. The van der Waals surface area contributed by atoms with E-state index in [0.29, 0.717) is 30.2 Å². The molecular weight excluding hydrogens is 602 g/mol. The Morgan fingerprint density at radius 2 is 1.61 bits per heavy atom. The maximum Gasteiger partial charge on any atom is 0.263 e. The van der Waals surface area contributed by atoms with Crippen molar-refractivity contribution in [1.82, 2.24) is 9.62 Å². The van der Waals surface area contributed by atoms with Crippen LogP contribution in [0.2, 0.25) is 5.02 Å². The lowest BCUT2D eigenvalue weighted by Gasteiger charge is -2.35. The number of methoxy groups -OCH3 is 1. The number of halogens is 1. The van der Waals surface area contributed by atoms with Gasteiger partial charge in [-0.1, -0.05) is 84.4 Å². The second kappa shape index (κ2) is 13.9. The van der Waals surface area contributed by atoms with E-state index in [9.17, 15) is 18.0 Å². The Kier molecular flexibility index (Phi) is 9.84. The smallest absolute Gasteiger partial charge is 0.263 e. The number of fused-ring (bicyclic) bond motifs is 1. The highest BCUT2D eigenvalue weighted by Crippen LogP contribution is 2.34. The normalized spacial score (nSPS) is 14.4. The number of nitrogens with zero attached hydrogens (tertiary/aromatic N) is 2. The lowest BCUT2D eigenvalue weighted by atomic mass is 10.1. The first kappa shape index (κ1) is 31.1. The van der Waals surface area contributed by atoms with Crippen molar-refractivity contribution >= 4 is 39.1 Å². The molecule has 11 heteroatoms. The molecule has 0 aliphatic carbocycles. The summed E-state index contributed by atoms with van der Waals surface area (Å²) in [5.41, 5.74) is 2.29. The third kappa shape index (κ3) is 7.21. The van der Waals surface area contributed by atoms with Crippen molar-refractivity contribution in [2.24, 2.45) is 0 Å². The Morgan fingerprint density at radius 1 is 0.955 bits per heavy atom. The molecule has 0 saturated carbocycles. The van der Waals surface area contributed by atoms with Gasteiger partial charge < -0.3 is 19.7 Å². The van der Waals surface area contributed by atoms with E-state index in [1.807, 2.05) is 60.7 Å². The van der Waals surface area contributed by atoms with Crippen LogP contribution >= 0.6 is 11.6 Å². The summed E-state index contributed by atoms with van der Waals surface area (Å²) in [6.45, 7) is -0.220. The summed E-state index contributed by atoms with van der Waals surface area (Å²) in [5.74, 6) is -0.202. The summed E-state index contributed by atoms with van der Waals surface area (Å²) in [7, 11) is -2.72. The van der Waals surface area contributed by atoms with Gasteiger partial charge in [-0.2, -0.15) is 4.31 Å². The van der Waals surface area contributed by atoms with Gasteiger partial charge in [-0.3, -0.25) is 9.59 Å². The molecule has 0 spiro atoms. The molecule has 4 aromatic rings. The van der Waals surface area contributed by atoms with Crippen LogP contribution in [0.1, 0.15) is 11.1 Å². The van der Waals surface area contributed by atoms with Crippen molar-refractivity contribution in [2.75, 3.05) is 31.6 Å². The Bertz CT molecular complexity index is 1720. The van der Waals surface area contributed by atoms with E-state index >= 15 is 0 Å². The largest absolute Gasteiger partial charge is 0.495 e. The molecule has 0 fully saturated rings. The van der Waals surface area contributed by atoms with Gasteiger partial charge in [0.05, 0.1) is 35.8 Å². The summed E-state index contributed by atoms with van der Waals surface area (Å²) in [6, 6.07) is 29.9. The molecule has 1 N–H and O–H groups in total. The van der Waals surface area contributed by atoms with E-state index in [-0.39, 0.29) is 28.9 Å². The number of nitrogens with one attached hydrogen (secondary N) is 1. The molecule has 4 aromatic carbocycles. The van der Waals surface area contributed by atoms with E-state index in [1.165, 1.54) is 30.2 Å². The monoisotopic (exact) mass is 633 g/mol. The quantitative estimate of drug-likeness (QED) is 0.257. The molecule has 0 aromatic heterocycles. The number of hydrogen-bond acceptors (Lipinski definition) is 6. The fourth-order valence-electron chi connectivity index (χ4n) is 4.88. The molecule has 9 nitrogen and oxygen atoms in total. The average molecular weight is 634 g/mol. The van der Waals surface area contributed by atoms with Gasteiger partial charge >= 0.3 is 0 Å². The van der Waals surface area contributed by atoms with Crippen molar-refractivity contribution in [3.8, 4) is 11.5 Å². The van der Waals surface area contributed by atoms with Crippen LogP contribution in [-0.2, 0) is 32.6 Å². The highest BCUT2D eigenvalue weighted by molar-refractivity contribution is 7.89. The van der Waals surface area contributed by atoms with Crippen LogP contribution in [0.15, 0.2) is 108 Å². The van der Waals surface area contributed by atoms with Crippen molar-refractivity contribution in [3.63, 3.8) is 0 Å². The van der Waals surface area contributed by atoms with Crippen LogP contribution < -0.4 is 19.7 Å². The van der Waals surface area contributed by atoms with Crippen molar-refractivity contribution < 1.29 is 27.5 Å². The molecule has 1 heterocycles. The predicted molar refractivity (Wildman–Crippen MR) is 168 cm³/mol. The van der Waals surface area contributed by atoms with Gasteiger partial charge in [0, 0.05) is 13.1 Å². The number of para-hydroxylation sites is 2. The zero-order valence-electron chi connectivity index (χ0n) is 24.1. The number of amides is 2. The number of rotatable bonds is 11. The molecule has 1 atom stereocenters. The van der Waals surface area contributed by atoms with Crippen molar-refractivity contribution in [3.05, 3.63) is 119 Å². The minimum absolute atomic E-state index is 0.0364. The first-order valence-electron chi connectivity index (χ1n) is 14.0. The predicted octanol–water partition coefficient (Wildman–Crippen LogP) is 4.69. The fraction of sp³-hybridized carbons (Fsp3) is 0.212. The molecule has 1 aliphatic heterocycles. The summed E-state index contributed by atoms with van der Waals surface area (Å²) in [5, 5.41) is 3.00. The highest BCUT2D eigenvalue weighted by Gasteiger charge is 2.36. The van der Waals surface area contributed by atoms with Gasteiger partial charge in [0.1, 0.15) is 11.5 Å². The van der Waals surface area contributed by atoms with Crippen LogP contribution in [0, 0.1) is 0 Å². The number of carbonyl (C=O) groups is 2. The maximum absolute atomic E-state index is 14.0. The van der Waals surface area contributed by atoms with Crippen molar-refractivity contribution in [1.29, 1.82) is 0 Å². The van der Waals surface area contributed by atoms with Crippen LogP contribution in [0.25, 0.3) is 0 Å². The second-order valence-electron chi connectivity index (χ2n) is 10.2. The number of hydrogen-bond donors (Lipinski definition) is 1. The number of ether oxygens (including phenoxy) is 2. The minimum atomic E-state index is -4.16. The SMILES string of the molecule is COc1ccc(S(=O)(=O)N(CCc2ccccc2)CC(=O)N2C[C@H](C(=O)NCc3ccccc3)Oc3ccccc32)cc1Cl. The summed E-state index contributed by atoms with van der Waals surface area (Å²) in [4.78, 5) is 28.5. The Hall–Kier alpha value is -4.38. The molecule has 1 aliphatic rings. The molecule has 2 amide bonds. The van der Waals surface area contributed by atoms with E-state index in [2.05, 4.69) is 5.32 Å². The van der Waals surface area contributed by atoms with E-state index in [4.69, 9.17) is 21.1 Å². The number of anilines is 1. The first-order chi connectivity index (χ1) is 21.3. The van der Waals surface area contributed by atoms with Crippen LogP contribution in [0.3, 0.4) is 0 Å². The lowest BCUT2D eigenvalue weighted by molar-refractivity contribution is -0.128. The second-order valence-corrected chi connectivity index (χ2v) is 12.5. The van der Waals surface area contributed by atoms with E-state index in [0.717, 1.165) is 15.4 Å². The molecule has 0 bridgehead atoms. The molecule has 5 rings (SSSR count). The van der Waals surface area contributed by atoms with Gasteiger partial charge in [-0.05, 0) is 47.9 Å². The standard InChI is InChI=1S/C33H32ClN3O6S/c1-42-29-17-16-26(20-27(29)34)44(40,41)36(19-18-24-10-4-2-5-11-24)23-32(38)37-22-31(43-30-15-9-8-14-28(30)37)33(39)35-21-25-12-6-3-7-13-25/h2-17,20,31H,18-19,21-23H2,1H3,(H,35,39)/t31-/m1/s1. The summed E-state index contributed by atoms with van der Waals surface area (Å²) < 4.78 is 40.2. The van der Waals surface area contributed by atoms with Gasteiger partial charge in [-0.15, -0.1) is 0 Å². The Balaban J connectivity index is 1.40. The first-order valence-corrected chi connectivity index (χ1v) is 15.8. The fourth-order valence-corrected chi connectivity index (χ4v) is 6.62. The zero-order chi connectivity index (χ0) is 31.1. The third-order valence-electron chi connectivity index (χ3n) is 7.24. The van der Waals surface area contributed by atoms with E-state index in [1.54, 1.807) is 24.3 Å². The van der Waals surface area contributed by atoms with Gasteiger partial charge in [0.25, 0.3) is 5.91 Å². The molecule has 44 heavy (non-hydrogen) atoms. The number of sulfonamides is 1. The molecular formula is C33H32ClN3O6S. The zero-order valence-corrected chi connectivity index (χ0v) is 25.6. The molecule has 0 saturated heterocycles. The Labute approximate surface area is 262 Å². The number of benzene rings is 4. The van der Waals surface area contributed by atoms with Crippen molar-refractivity contribution in [2.45, 2.75) is 24.0 Å². The Morgan fingerprint density at radius 3 is 2.30 bits per heavy atom. The molecule has 0 unspecified atom stereocenters. The van der Waals surface area contributed by atoms with Gasteiger partial charge in [-0.25, -0.2) is 8.42 Å². The topological polar surface area (TPSA) is 105 Å². The van der Waals surface area contributed by atoms with Crippen LogP contribution in [0.5, 0.6) is 11.5 Å². The summed E-state index contributed by atoms with van der Waals surface area (Å²) >= 11 is 6.27.